The molecule has 0 fully saturated rings. The van der Waals surface area contributed by atoms with Gasteiger partial charge in [0.05, 0.1) is 12.6 Å². The van der Waals surface area contributed by atoms with Crippen molar-refractivity contribution in [3.63, 3.8) is 0 Å². The van der Waals surface area contributed by atoms with Gasteiger partial charge in [-0.3, -0.25) is 14.5 Å². The van der Waals surface area contributed by atoms with Gasteiger partial charge in [-0.2, -0.15) is 0 Å². The minimum absolute atomic E-state index is 0.0477. The Kier molecular flexibility index (Phi) is 7.97. The van der Waals surface area contributed by atoms with Crippen LogP contribution in [0.3, 0.4) is 0 Å². The van der Waals surface area contributed by atoms with Gasteiger partial charge in [0.1, 0.15) is 0 Å². The average molecular weight is 396 g/mol. The van der Waals surface area contributed by atoms with Gasteiger partial charge in [0.2, 0.25) is 11.8 Å². The van der Waals surface area contributed by atoms with Crippen molar-refractivity contribution in [2.75, 3.05) is 18.9 Å². The number of para-hydroxylation sites is 1. The number of nitrogens with zero attached hydrogens (tertiary/aromatic N) is 1. The standard InChI is InChI=1S/C24H33N3O2/c1-16(2)21-12-10-20(11-13-21)15-27(6)19(5)24(29)25-14-22(28)26-23-17(3)8-7-9-18(23)4/h7-13,16,19H,14-15H2,1-6H3,(H,25,29)(H,26,28)/t19-/m0/s1. The molecule has 2 N–H and O–H groups in total. The molecular weight excluding hydrogens is 362 g/mol. The van der Waals surface area contributed by atoms with E-state index >= 15 is 0 Å². The average Bonchev–Trinajstić information content (AvgIpc) is 2.68. The van der Waals surface area contributed by atoms with E-state index in [1.165, 1.54) is 5.56 Å². The number of nitrogens with one attached hydrogen (secondary N) is 2. The molecule has 2 amide bonds. The summed E-state index contributed by atoms with van der Waals surface area (Å²) in [6.07, 6.45) is 0. The Bertz CT molecular complexity index is 823. The third-order valence-electron chi connectivity index (χ3n) is 5.29. The molecule has 0 bridgehead atoms. The fourth-order valence-corrected chi connectivity index (χ4v) is 3.14. The van der Waals surface area contributed by atoms with Gasteiger partial charge in [-0.05, 0) is 56.0 Å². The summed E-state index contributed by atoms with van der Waals surface area (Å²) in [5.74, 6) is 0.110. The predicted octanol–water partition coefficient (Wildman–Crippen LogP) is 4.00. The van der Waals surface area contributed by atoms with Gasteiger partial charge in [0, 0.05) is 12.2 Å². The lowest BCUT2D eigenvalue weighted by atomic mass is 10.0. The van der Waals surface area contributed by atoms with Crippen LogP contribution in [0, 0.1) is 13.8 Å². The smallest absolute Gasteiger partial charge is 0.243 e. The number of hydrogen-bond acceptors (Lipinski definition) is 3. The van der Waals surface area contributed by atoms with Crippen LogP contribution in [-0.4, -0.2) is 36.3 Å². The van der Waals surface area contributed by atoms with Gasteiger partial charge < -0.3 is 10.6 Å². The van der Waals surface area contributed by atoms with E-state index in [-0.39, 0.29) is 24.4 Å². The van der Waals surface area contributed by atoms with Crippen molar-refractivity contribution in [2.45, 2.75) is 53.1 Å². The number of aryl methyl sites for hydroxylation is 2. The SMILES string of the molecule is Cc1cccc(C)c1NC(=O)CNC(=O)[C@H](C)N(C)Cc1ccc(C(C)C)cc1. The van der Waals surface area contributed by atoms with E-state index in [0.29, 0.717) is 12.5 Å². The van der Waals surface area contributed by atoms with E-state index in [0.717, 1.165) is 22.4 Å². The summed E-state index contributed by atoms with van der Waals surface area (Å²) in [4.78, 5) is 26.7. The van der Waals surface area contributed by atoms with Crippen molar-refractivity contribution in [1.82, 2.24) is 10.2 Å². The Morgan fingerprint density at radius 2 is 1.55 bits per heavy atom. The van der Waals surface area contributed by atoms with E-state index in [2.05, 4.69) is 48.7 Å². The molecule has 29 heavy (non-hydrogen) atoms. The fourth-order valence-electron chi connectivity index (χ4n) is 3.14. The molecule has 0 unspecified atom stereocenters. The Balaban J connectivity index is 1.85. The zero-order chi connectivity index (χ0) is 21.6. The van der Waals surface area contributed by atoms with Crippen LogP contribution in [0.15, 0.2) is 42.5 Å². The first-order chi connectivity index (χ1) is 13.7. The summed E-state index contributed by atoms with van der Waals surface area (Å²) in [5.41, 5.74) is 5.27. The maximum Gasteiger partial charge on any atom is 0.243 e. The molecule has 0 aliphatic carbocycles. The van der Waals surface area contributed by atoms with Gasteiger partial charge >= 0.3 is 0 Å². The highest BCUT2D eigenvalue weighted by molar-refractivity contribution is 5.96. The van der Waals surface area contributed by atoms with Gasteiger partial charge in [-0.25, -0.2) is 0 Å². The van der Waals surface area contributed by atoms with E-state index in [9.17, 15) is 9.59 Å². The maximum absolute atomic E-state index is 12.5. The molecule has 2 aromatic rings. The Morgan fingerprint density at radius 3 is 2.10 bits per heavy atom. The molecule has 0 aromatic heterocycles. The molecular formula is C24H33N3O2. The largest absolute Gasteiger partial charge is 0.346 e. The highest BCUT2D eigenvalue weighted by atomic mass is 16.2. The molecule has 1 atom stereocenters. The lowest BCUT2D eigenvalue weighted by Crippen LogP contribution is -2.45. The van der Waals surface area contributed by atoms with Crippen LogP contribution in [0.25, 0.3) is 0 Å². The third-order valence-corrected chi connectivity index (χ3v) is 5.29. The summed E-state index contributed by atoms with van der Waals surface area (Å²) in [6, 6.07) is 14.0. The Labute approximate surface area is 174 Å². The highest BCUT2D eigenvalue weighted by Gasteiger charge is 2.19. The molecule has 0 spiro atoms. The lowest BCUT2D eigenvalue weighted by molar-refractivity contribution is -0.127. The molecule has 2 aromatic carbocycles. The second kappa shape index (κ2) is 10.2. The normalized spacial score (nSPS) is 12.1. The number of rotatable bonds is 8. The number of benzene rings is 2. The summed E-state index contributed by atoms with van der Waals surface area (Å²) < 4.78 is 0. The second-order valence-electron chi connectivity index (χ2n) is 8.02. The van der Waals surface area contributed by atoms with E-state index in [4.69, 9.17) is 0 Å². The van der Waals surface area contributed by atoms with Gasteiger partial charge in [0.25, 0.3) is 0 Å². The first-order valence-electron chi connectivity index (χ1n) is 10.1. The summed E-state index contributed by atoms with van der Waals surface area (Å²) in [5, 5.41) is 5.63. The molecule has 0 radical (unpaired) electrons. The maximum atomic E-state index is 12.5. The summed E-state index contributed by atoms with van der Waals surface area (Å²) >= 11 is 0. The van der Waals surface area contributed by atoms with Crippen LogP contribution in [0.2, 0.25) is 0 Å². The van der Waals surface area contributed by atoms with Crippen molar-refractivity contribution in [2.24, 2.45) is 0 Å². The molecule has 0 saturated carbocycles. The number of amides is 2. The molecule has 0 saturated heterocycles. The topological polar surface area (TPSA) is 61.4 Å². The lowest BCUT2D eigenvalue weighted by Gasteiger charge is -2.24. The summed E-state index contributed by atoms with van der Waals surface area (Å²) in [6.45, 7) is 10.7. The van der Waals surface area contributed by atoms with Crippen molar-refractivity contribution >= 4 is 17.5 Å². The molecule has 0 aliphatic heterocycles. The van der Waals surface area contributed by atoms with Crippen LogP contribution in [0.4, 0.5) is 5.69 Å². The minimum Gasteiger partial charge on any atom is -0.346 e. The molecule has 0 heterocycles. The third kappa shape index (κ3) is 6.43. The second-order valence-corrected chi connectivity index (χ2v) is 8.02. The van der Waals surface area contributed by atoms with Crippen LogP contribution in [-0.2, 0) is 16.1 Å². The minimum atomic E-state index is -0.340. The van der Waals surface area contributed by atoms with Crippen molar-refractivity contribution < 1.29 is 9.59 Å². The zero-order valence-electron chi connectivity index (χ0n) is 18.4. The number of carbonyl (C=O) groups excluding carboxylic acids is 2. The fraction of sp³-hybridized carbons (Fsp3) is 0.417. The Morgan fingerprint density at radius 1 is 0.966 bits per heavy atom. The number of carbonyl (C=O) groups is 2. The summed E-state index contributed by atoms with van der Waals surface area (Å²) in [7, 11) is 1.91. The quantitative estimate of drug-likeness (QED) is 0.710. The van der Waals surface area contributed by atoms with E-state index in [1.807, 2.05) is 50.9 Å². The van der Waals surface area contributed by atoms with Gasteiger partial charge in [-0.1, -0.05) is 56.3 Å². The van der Waals surface area contributed by atoms with Crippen LogP contribution < -0.4 is 10.6 Å². The van der Waals surface area contributed by atoms with Crippen LogP contribution >= 0.6 is 0 Å². The first kappa shape index (κ1) is 22.6. The van der Waals surface area contributed by atoms with Gasteiger partial charge in [0.15, 0.2) is 0 Å². The van der Waals surface area contributed by atoms with Crippen molar-refractivity contribution in [1.29, 1.82) is 0 Å². The number of anilines is 1. The first-order valence-corrected chi connectivity index (χ1v) is 10.1. The van der Waals surface area contributed by atoms with E-state index < -0.39 is 0 Å². The van der Waals surface area contributed by atoms with Crippen LogP contribution in [0.5, 0.6) is 0 Å². The molecule has 0 aliphatic rings. The molecule has 156 valence electrons. The van der Waals surface area contributed by atoms with E-state index in [1.54, 1.807) is 0 Å². The molecule has 2 rings (SSSR count). The van der Waals surface area contributed by atoms with Crippen LogP contribution in [0.1, 0.15) is 48.9 Å². The van der Waals surface area contributed by atoms with Crippen molar-refractivity contribution in [3.8, 4) is 0 Å². The monoisotopic (exact) mass is 395 g/mol. The number of hydrogen-bond donors (Lipinski definition) is 2. The highest BCUT2D eigenvalue weighted by Crippen LogP contribution is 2.19. The Hall–Kier alpha value is -2.66. The molecule has 5 nitrogen and oxygen atoms in total. The number of likely N-dealkylation sites (N-methyl/N-ethyl adjacent to an activating group) is 1. The van der Waals surface area contributed by atoms with Crippen molar-refractivity contribution in [3.05, 3.63) is 64.7 Å². The molecule has 5 heteroatoms. The predicted molar refractivity (Wildman–Crippen MR) is 119 cm³/mol. The van der Waals surface area contributed by atoms with Gasteiger partial charge in [-0.15, -0.1) is 0 Å². The zero-order valence-corrected chi connectivity index (χ0v) is 18.4.